The first-order valence-electron chi connectivity index (χ1n) is 7.29. The lowest BCUT2D eigenvalue weighted by Gasteiger charge is -2.44. The Morgan fingerprint density at radius 3 is 2.74 bits per heavy atom. The summed E-state index contributed by atoms with van der Waals surface area (Å²) in [6, 6.07) is 7.26. The third-order valence-electron chi connectivity index (χ3n) is 4.20. The van der Waals surface area contributed by atoms with Gasteiger partial charge in [0.25, 0.3) is 0 Å². The zero-order valence-electron chi connectivity index (χ0n) is 12.4. The van der Waals surface area contributed by atoms with Crippen LogP contribution in [0.1, 0.15) is 32.8 Å². The molecule has 2 atom stereocenters. The molecule has 106 valence electrons. The normalized spacial score (nSPS) is 24.0. The van der Waals surface area contributed by atoms with E-state index in [1.165, 1.54) is 11.3 Å². The summed E-state index contributed by atoms with van der Waals surface area (Å²) < 4.78 is 0. The van der Waals surface area contributed by atoms with Crippen LogP contribution >= 0.6 is 11.6 Å². The summed E-state index contributed by atoms with van der Waals surface area (Å²) >= 11 is 6.45. The molecule has 0 saturated carbocycles. The fraction of sp³-hybridized carbons (Fsp3) is 0.625. The zero-order chi connectivity index (χ0) is 14.0. The van der Waals surface area contributed by atoms with Gasteiger partial charge >= 0.3 is 0 Å². The van der Waals surface area contributed by atoms with Crippen LogP contribution in [0.25, 0.3) is 0 Å². The molecule has 1 aromatic rings. The van der Waals surface area contributed by atoms with E-state index < -0.39 is 0 Å². The summed E-state index contributed by atoms with van der Waals surface area (Å²) in [7, 11) is 0. The molecule has 1 aliphatic rings. The molecule has 3 heteroatoms. The fourth-order valence-electron chi connectivity index (χ4n) is 2.90. The van der Waals surface area contributed by atoms with E-state index in [0.29, 0.717) is 18.0 Å². The molecular weight excluding hydrogens is 256 g/mol. The van der Waals surface area contributed by atoms with Gasteiger partial charge in [0.15, 0.2) is 0 Å². The highest BCUT2D eigenvalue weighted by molar-refractivity contribution is 6.33. The Bertz CT molecular complexity index is 411. The summed E-state index contributed by atoms with van der Waals surface area (Å²) in [5, 5.41) is 4.55. The highest BCUT2D eigenvalue weighted by Gasteiger charge is 2.30. The van der Waals surface area contributed by atoms with E-state index in [0.717, 1.165) is 24.5 Å². The maximum absolute atomic E-state index is 6.45. The van der Waals surface area contributed by atoms with Gasteiger partial charge in [-0.1, -0.05) is 44.5 Å². The summed E-state index contributed by atoms with van der Waals surface area (Å²) in [4.78, 5) is 2.51. The molecule has 0 radical (unpaired) electrons. The molecule has 2 nitrogen and oxygen atoms in total. The van der Waals surface area contributed by atoms with Gasteiger partial charge in [-0.15, -0.1) is 0 Å². The van der Waals surface area contributed by atoms with Crippen LogP contribution in [0.3, 0.4) is 0 Å². The first-order chi connectivity index (χ1) is 9.04. The molecule has 0 aromatic heterocycles. The van der Waals surface area contributed by atoms with Gasteiger partial charge in [-0.2, -0.15) is 0 Å². The number of piperazine rings is 1. The van der Waals surface area contributed by atoms with Crippen molar-refractivity contribution in [2.24, 2.45) is 5.92 Å². The van der Waals surface area contributed by atoms with E-state index in [9.17, 15) is 0 Å². The van der Waals surface area contributed by atoms with Gasteiger partial charge in [-0.3, -0.25) is 0 Å². The van der Waals surface area contributed by atoms with Crippen molar-refractivity contribution in [2.75, 3.05) is 18.0 Å². The first kappa shape index (κ1) is 14.7. The molecule has 0 aliphatic carbocycles. The zero-order valence-corrected chi connectivity index (χ0v) is 13.2. The Balaban J connectivity index is 2.32. The smallest absolute Gasteiger partial charge is 0.0642 e. The number of anilines is 1. The molecule has 1 saturated heterocycles. The maximum atomic E-state index is 6.45. The number of rotatable bonds is 3. The van der Waals surface area contributed by atoms with Crippen LogP contribution in [-0.2, 0) is 0 Å². The second-order valence-electron chi connectivity index (χ2n) is 5.88. The predicted molar refractivity (Wildman–Crippen MR) is 84.2 cm³/mol. The summed E-state index contributed by atoms with van der Waals surface area (Å²) in [5.41, 5.74) is 2.50. The second kappa shape index (κ2) is 6.15. The minimum Gasteiger partial charge on any atom is -0.364 e. The van der Waals surface area contributed by atoms with Crippen LogP contribution in [0.15, 0.2) is 18.2 Å². The summed E-state index contributed by atoms with van der Waals surface area (Å²) in [6.45, 7) is 11.1. The Kier molecular flexibility index (Phi) is 4.75. The molecule has 0 bridgehead atoms. The van der Waals surface area contributed by atoms with Gasteiger partial charge in [-0.25, -0.2) is 0 Å². The van der Waals surface area contributed by atoms with Gasteiger partial charge in [0.2, 0.25) is 0 Å². The molecule has 1 heterocycles. The van der Waals surface area contributed by atoms with Crippen LogP contribution in [0.4, 0.5) is 5.69 Å². The number of nitrogens with one attached hydrogen (secondary N) is 1. The largest absolute Gasteiger partial charge is 0.364 e. The Morgan fingerprint density at radius 2 is 2.16 bits per heavy atom. The van der Waals surface area contributed by atoms with Crippen LogP contribution in [-0.4, -0.2) is 25.2 Å². The summed E-state index contributed by atoms with van der Waals surface area (Å²) in [6.07, 6.45) is 1.14. The Hall–Kier alpha value is -0.730. The average Bonchev–Trinajstić information content (AvgIpc) is 2.38. The minimum atomic E-state index is 0.536. The van der Waals surface area contributed by atoms with Crippen molar-refractivity contribution < 1.29 is 0 Å². The Labute approximate surface area is 122 Å². The maximum Gasteiger partial charge on any atom is 0.0642 e. The monoisotopic (exact) mass is 280 g/mol. The molecule has 1 aromatic carbocycles. The molecule has 19 heavy (non-hydrogen) atoms. The molecule has 0 spiro atoms. The van der Waals surface area contributed by atoms with Crippen LogP contribution in [0.2, 0.25) is 5.02 Å². The van der Waals surface area contributed by atoms with Crippen molar-refractivity contribution in [1.29, 1.82) is 0 Å². The van der Waals surface area contributed by atoms with Crippen LogP contribution in [0.5, 0.6) is 0 Å². The molecule has 0 amide bonds. The highest BCUT2D eigenvalue weighted by atomic mass is 35.5. The van der Waals surface area contributed by atoms with Gasteiger partial charge < -0.3 is 10.2 Å². The third kappa shape index (κ3) is 3.06. The van der Waals surface area contributed by atoms with E-state index in [4.69, 9.17) is 11.6 Å². The van der Waals surface area contributed by atoms with Gasteiger partial charge in [0.1, 0.15) is 0 Å². The molecule has 1 aliphatic heterocycles. The van der Waals surface area contributed by atoms with Crippen molar-refractivity contribution in [2.45, 2.75) is 46.2 Å². The van der Waals surface area contributed by atoms with E-state index >= 15 is 0 Å². The molecule has 2 rings (SSSR count). The molecule has 1 N–H and O–H groups in total. The highest BCUT2D eigenvalue weighted by Crippen LogP contribution is 2.33. The second-order valence-corrected chi connectivity index (χ2v) is 6.29. The van der Waals surface area contributed by atoms with Crippen LogP contribution in [0, 0.1) is 12.8 Å². The number of para-hydroxylation sites is 1. The van der Waals surface area contributed by atoms with Crippen molar-refractivity contribution in [3.63, 3.8) is 0 Å². The predicted octanol–water partition coefficient (Wildman–Crippen LogP) is 3.86. The van der Waals surface area contributed by atoms with Crippen molar-refractivity contribution >= 4 is 17.3 Å². The standard InChI is InChI=1S/C16H25ClN2/c1-5-13-9-18-15(11(2)3)10-19(13)16-12(4)7-6-8-14(16)17/h6-8,11,13,15,18H,5,9-10H2,1-4H3. The number of benzene rings is 1. The van der Waals surface area contributed by atoms with Gasteiger partial charge in [-0.05, 0) is 30.9 Å². The van der Waals surface area contributed by atoms with Crippen LogP contribution < -0.4 is 10.2 Å². The van der Waals surface area contributed by atoms with E-state index in [2.05, 4.69) is 44.0 Å². The molecular formula is C16H25ClN2. The summed E-state index contributed by atoms with van der Waals surface area (Å²) in [5.74, 6) is 0.642. The quantitative estimate of drug-likeness (QED) is 0.904. The van der Waals surface area contributed by atoms with Crippen molar-refractivity contribution in [3.05, 3.63) is 28.8 Å². The van der Waals surface area contributed by atoms with Crippen molar-refractivity contribution in [3.8, 4) is 0 Å². The van der Waals surface area contributed by atoms with E-state index in [-0.39, 0.29) is 0 Å². The minimum absolute atomic E-state index is 0.536. The van der Waals surface area contributed by atoms with Gasteiger partial charge in [0, 0.05) is 25.2 Å². The Morgan fingerprint density at radius 1 is 1.42 bits per heavy atom. The number of nitrogens with zero attached hydrogens (tertiary/aromatic N) is 1. The number of hydrogen-bond acceptors (Lipinski definition) is 2. The van der Waals surface area contributed by atoms with E-state index in [1.54, 1.807) is 0 Å². The third-order valence-corrected chi connectivity index (χ3v) is 4.51. The lowest BCUT2D eigenvalue weighted by molar-refractivity contribution is 0.325. The lowest BCUT2D eigenvalue weighted by atomic mass is 9.97. The number of halogens is 1. The molecule has 2 unspecified atom stereocenters. The van der Waals surface area contributed by atoms with Crippen molar-refractivity contribution in [1.82, 2.24) is 5.32 Å². The lowest BCUT2D eigenvalue weighted by Crippen LogP contribution is -2.58. The SMILES string of the molecule is CCC1CNC(C(C)C)CN1c1c(C)cccc1Cl. The molecule has 1 fully saturated rings. The first-order valence-corrected chi connectivity index (χ1v) is 7.67. The topological polar surface area (TPSA) is 15.3 Å². The number of aryl methyl sites for hydroxylation is 1. The average molecular weight is 281 g/mol. The van der Waals surface area contributed by atoms with E-state index in [1.807, 2.05) is 12.1 Å². The van der Waals surface area contributed by atoms with Gasteiger partial charge in [0.05, 0.1) is 10.7 Å². The number of hydrogen-bond donors (Lipinski definition) is 1. The fourth-order valence-corrected chi connectivity index (χ4v) is 3.23.